The zero-order valence-electron chi connectivity index (χ0n) is 12.6. The summed E-state index contributed by atoms with van der Waals surface area (Å²) < 4.78 is 28.8. The van der Waals surface area contributed by atoms with Crippen LogP contribution in [-0.4, -0.2) is 29.6 Å². The van der Waals surface area contributed by atoms with E-state index in [2.05, 4.69) is 4.98 Å². The second-order valence-corrected chi connectivity index (χ2v) is 7.53. The highest BCUT2D eigenvalue weighted by Gasteiger charge is 2.32. The number of imidazole rings is 1. The maximum Gasteiger partial charge on any atom is 0.283 e. The normalized spacial score (nSPS) is 15.1. The van der Waals surface area contributed by atoms with Crippen molar-refractivity contribution in [2.45, 2.75) is 37.8 Å². The van der Waals surface area contributed by atoms with Gasteiger partial charge in [-0.3, -0.25) is 4.31 Å². The molecule has 0 saturated carbocycles. The van der Waals surface area contributed by atoms with Gasteiger partial charge in [-0.15, -0.1) is 0 Å². The molecule has 1 aromatic heterocycles. The first-order valence-electron chi connectivity index (χ1n) is 7.28. The highest BCUT2D eigenvalue weighted by molar-refractivity contribution is 7.92. The molecule has 0 aliphatic carbocycles. The minimum absolute atomic E-state index is 0.0101. The van der Waals surface area contributed by atoms with Gasteiger partial charge in [0.2, 0.25) is 0 Å². The Morgan fingerprint density at radius 1 is 1.32 bits per heavy atom. The Kier molecular flexibility index (Phi) is 3.60. The third kappa shape index (κ3) is 2.35. The molecule has 0 radical (unpaired) electrons. The molecule has 3 rings (SSSR count). The summed E-state index contributed by atoms with van der Waals surface area (Å²) in [6, 6.07) is 5.24. The molecule has 1 aliphatic heterocycles. The maximum atomic E-state index is 12.9. The lowest BCUT2D eigenvalue weighted by Crippen LogP contribution is -2.35. The van der Waals surface area contributed by atoms with E-state index >= 15 is 0 Å². The van der Waals surface area contributed by atoms with Gasteiger partial charge in [-0.2, -0.15) is 8.42 Å². The smallest absolute Gasteiger partial charge is 0.283 e. The molecule has 0 spiro atoms. The van der Waals surface area contributed by atoms with Crippen molar-refractivity contribution in [3.63, 3.8) is 0 Å². The van der Waals surface area contributed by atoms with E-state index in [1.165, 1.54) is 22.9 Å². The van der Waals surface area contributed by atoms with Crippen molar-refractivity contribution in [2.24, 2.45) is 0 Å². The number of phenolic OH excluding ortho intramolecular Hbond substituents is 1. The number of aromatic hydroxyl groups is 1. The molecular formula is C15H19N3O3S. The molecule has 22 heavy (non-hydrogen) atoms. The summed E-state index contributed by atoms with van der Waals surface area (Å²) in [6.07, 6.45) is 4.54. The van der Waals surface area contributed by atoms with E-state index in [1.54, 1.807) is 10.6 Å². The molecule has 0 atom stereocenters. The van der Waals surface area contributed by atoms with Gasteiger partial charge >= 0.3 is 0 Å². The number of hydrogen-bond donors (Lipinski definition) is 1. The number of hydrogen-bond acceptors (Lipinski definition) is 4. The molecule has 1 aromatic carbocycles. The second kappa shape index (κ2) is 5.31. The number of aromatic nitrogens is 2. The molecule has 0 amide bonds. The summed E-state index contributed by atoms with van der Waals surface area (Å²) >= 11 is 0. The number of rotatable bonds is 3. The number of phenols is 1. The molecule has 2 aromatic rings. The highest BCUT2D eigenvalue weighted by atomic mass is 32.2. The number of benzene rings is 1. The maximum absolute atomic E-state index is 12.9. The molecule has 0 saturated heterocycles. The summed E-state index contributed by atoms with van der Waals surface area (Å²) in [4.78, 5) is 4.04. The Labute approximate surface area is 130 Å². The van der Waals surface area contributed by atoms with E-state index < -0.39 is 10.0 Å². The lowest BCUT2D eigenvalue weighted by Gasteiger charge is -2.30. The van der Waals surface area contributed by atoms with Crippen molar-refractivity contribution in [3.8, 4) is 5.75 Å². The van der Waals surface area contributed by atoms with Crippen LogP contribution >= 0.6 is 0 Å². The van der Waals surface area contributed by atoms with Gasteiger partial charge in [-0.25, -0.2) is 4.98 Å². The number of sulfonamides is 1. The molecule has 2 heterocycles. The Morgan fingerprint density at radius 2 is 2.09 bits per heavy atom. The third-order valence-corrected chi connectivity index (χ3v) is 5.57. The minimum atomic E-state index is -3.77. The molecule has 118 valence electrons. The minimum Gasteiger partial charge on any atom is -0.506 e. The van der Waals surface area contributed by atoms with E-state index in [9.17, 15) is 13.5 Å². The quantitative estimate of drug-likeness (QED) is 0.941. The zero-order valence-corrected chi connectivity index (χ0v) is 13.4. The summed E-state index contributed by atoms with van der Waals surface area (Å²) in [6.45, 7) is 4.27. The SMILES string of the molecule is CC(C)n1cnc(S(=O)(=O)N2CCCc3cccc(O)c32)c1. The Balaban J connectivity index is 2.07. The molecule has 7 heteroatoms. The first-order chi connectivity index (χ1) is 10.4. The first-order valence-corrected chi connectivity index (χ1v) is 8.72. The zero-order chi connectivity index (χ0) is 15.9. The topological polar surface area (TPSA) is 75.4 Å². The van der Waals surface area contributed by atoms with Gasteiger partial charge in [-0.1, -0.05) is 12.1 Å². The Bertz CT molecular complexity index is 796. The average molecular weight is 321 g/mol. The van der Waals surface area contributed by atoms with Gasteiger partial charge in [0.1, 0.15) is 5.75 Å². The van der Waals surface area contributed by atoms with Crippen molar-refractivity contribution in [1.82, 2.24) is 9.55 Å². The van der Waals surface area contributed by atoms with Gasteiger partial charge in [0.15, 0.2) is 5.03 Å². The first kappa shape index (κ1) is 14.9. The van der Waals surface area contributed by atoms with E-state index in [4.69, 9.17) is 0 Å². The average Bonchev–Trinajstić information content (AvgIpc) is 2.98. The summed E-state index contributed by atoms with van der Waals surface area (Å²) in [5, 5.41) is 10.1. The van der Waals surface area contributed by atoms with Crippen LogP contribution in [0.1, 0.15) is 31.9 Å². The molecule has 6 nitrogen and oxygen atoms in total. The van der Waals surface area contributed by atoms with E-state index in [1.807, 2.05) is 19.9 Å². The summed E-state index contributed by atoms with van der Waals surface area (Å²) in [5.41, 5.74) is 1.23. The fraction of sp³-hybridized carbons (Fsp3) is 0.400. The number of anilines is 1. The molecule has 0 bridgehead atoms. The standard InChI is InChI=1S/C15H19N3O3S/c1-11(2)17-9-14(16-10-17)22(20,21)18-8-4-6-12-5-3-7-13(19)15(12)18/h3,5,7,9-11,19H,4,6,8H2,1-2H3. The van der Waals surface area contributed by atoms with Crippen LogP contribution < -0.4 is 4.31 Å². The number of nitrogens with zero attached hydrogens (tertiary/aromatic N) is 3. The van der Waals surface area contributed by atoms with Gasteiger partial charge in [0, 0.05) is 18.8 Å². The Hall–Kier alpha value is -2.02. The summed E-state index contributed by atoms with van der Waals surface area (Å²) in [7, 11) is -3.77. The van der Waals surface area contributed by atoms with Crippen LogP contribution in [-0.2, 0) is 16.4 Å². The predicted molar refractivity (Wildman–Crippen MR) is 83.6 cm³/mol. The van der Waals surface area contributed by atoms with Crippen LogP contribution in [0.2, 0.25) is 0 Å². The number of para-hydroxylation sites is 1. The van der Waals surface area contributed by atoms with Crippen LogP contribution in [0.5, 0.6) is 5.75 Å². The lowest BCUT2D eigenvalue weighted by atomic mass is 10.0. The van der Waals surface area contributed by atoms with Gasteiger partial charge in [0.05, 0.1) is 12.0 Å². The summed E-state index contributed by atoms with van der Waals surface area (Å²) in [5.74, 6) is -0.0101. The van der Waals surface area contributed by atoms with E-state index in [0.29, 0.717) is 12.2 Å². The fourth-order valence-corrected chi connectivity index (χ4v) is 4.16. The predicted octanol–water partition coefficient (Wildman–Crippen LogP) is 2.31. The molecule has 0 unspecified atom stereocenters. The van der Waals surface area contributed by atoms with Crippen LogP contribution in [0.3, 0.4) is 0 Å². The monoisotopic (exact) mass is 321 g/mol. The Morgan fingerprint density at radius 3 is 2.77 bits per heavy atom. The fourth-order valence-electron chi connectivity index (χ4n) is 2.68. The second-order valence-electron chi connectivity index (χ2n) is 5.72. The number of aryl methyl sites for hydroxylation is 1. The van der Waals surface area contributed by atoms with Crippen LogP contribution in [0.4, 0.5) is 5.69 Å². The van der Waals surface area contributed by atoms with Crippen LogP contribution in [0.15, 0.2) is 35.7 Å². The van der Waals surface area contributed by atoms with E-state index in [0.717, 1.165) is 18.4 Å². The van der Waals surface area contributed by atoms with Gasteiger partial charge < -0.3 is 9.67 Å². The molecular weight excluding hydrogens is 302 g/mol. The molecule has 0 fully saturated rings. The van der Waals surface area contributed by atoms with Crippen LogP contribution in [0, 0.1) is 0 Å². The highest BCUT2D eigenvalue weighted by Crippen LogP contribution is 2.38. The van der Waals surface area contributed by atoms with Crippen LogP contribution in [0.25, 0.3) is 0 Å². The molecule has 1 aliphatic rings. The molecule has 1 N–H and O–H groups in total. The van der Waals surface area contributed by atoms with Crippen molar-refractivity contribution < 1.29 is 13.5 Å². The largest absolute Gasteiger partial charge is 0.506 e. The lowest BCUT2D eigenvalue weighted by molar-refractivity contribution is 0.472. The van der Waals surface area contributed by atoms with Gasteiger partial charge in [0.25, 0.3) is 10.0 Å². The van der Waals surface area contributed by atoms with Crippen molar-refractivity contribution in [2.75, 3.05) is 10.8 Å². The van der Waals surface area contributed by atoms with E-state index in [-0.39, 0.29) is 16.8 Å². The van der Waals surface area contributed by atoms with Crippen molar-refractivity contribution >= 4 is 15.7 Å². The van der Waals surface area contributed by atoms with Gasteiger partial charge in [-0.05, 0) is 38.3 Å². The number of fused-ring (bicyclic) bond motifs is 1. The third-order valence-electron chi connectivity index (χ3n) is 3.88. The van der Waals surface area contributed by atoms with Crippen molar-refractivity contribution in [3.05, 3.63) is 36.3 Å². The van der Waals surface area contributed by atoms with Crippen molar-refractivity contribution in [1.29, 1.82) is 0 Å².